The highest BCUT2D eigenvalue weighted by Crippen LogP contribution is 2.30. The zero-order valence-corrected chi connectivity index (χ0v) is 9.44. The lowest BCUT2D eigenvalue weighted by molar-refractivity contribution is 0.101. The summed E-state index contributed by atoms with van der Waals surface area (Å²) in [6.45, 7) is 1.48. The van der Waals surface area contributed by atoms with Crippen LogP contribution in [0.5, 0.6) is 5.75 Å². The summed E-state index contributed by atoms with van der Waals surface area (Å²) in [6, 6.07) is 3.07. The van der Waals surface area contributed by atoms with Crippen LogP contribution in [0.15, 0.2) is 21.1 Å². The Bertz CT molecular complexity index is 334. The zero-order valence-electron chi connectivity index (χ0n) is 6.27. The minimum absolute atomic E-state index is 0.0393. The van der Waals surface area contributed by atoms with Crippen molar-refractivity contribution in [2.75, 3.05) is 0 Å². The average Bonchev–Trinajstić information content (AvgIpc) is 1.96. The quantitative estimate of drug-likeness (QED) is 0.808. The monoisotopic (exact) mass is 292 g/mol. The lowest BCUT2D eigenvalue weighted by Crippen LogP contribution is -1.93. The number of ketones is 1. The van der Waals surface area contributed by atoms with Crippen LogP contribution in [-0.4, -0.2) is 10.9 Å². The van der Waals surface area contributed by atoms with Gasteiger partial charge in [-0.3, -0.25) is 4.79 Å². The second-order valence-corrected chi connectivity index (χ2v) is 4.05. The number of hydrogen-bond donors (Lipinski definition) is 1. The van der Waals surface area contributed by atoms with Gasteiger partial charge in [0.25, 0.3) is 0 Å². The van der Waals surface area contributed by atoms with Gasteiger partial charge in [-0.25, -0.2) is 0 Å². The number of rotatable bonds is 1. The summed E-state index contributed by atoms with van der Waals surface area (Å²) < 4.78 is 1.13. The van der Waals surface area contributed by atoms with Crippen LogP contribution in [0.4, 0.5) is 0 Å². The standard InChI is InChI=1S/C8H6Br2O2/c1-4(11)5-2-7(10)8(12)3-6(5)9/h2-3,12H,1H3. The molecule has 0 aromatic heterocycles. The molecule has 0 saturated heterocycles. The van der Waals surface area contributed by atoms with E-state index in [0.717, 1.165) is 0 Å². The van der Waals surface area contributed by atoms with Gasteiger partial charge in [-0.15, -0.1) is 0 Å². The Labute approximate surface area is 86.9 Å². The molecule has 1 aromatic carbocycles. The summed E-state index contributed by atoms with van der Waals surface area (Å²) >= 11 is 6.31. The fourth-order valence-electron chi connectivity index (χ4n) is 0.806. The van der Waals surface area contributed by atoms with Crippen LogP contribution in [0.2, 0.25) is 0 Å². The fourth-order valence-corrected chi connectivity index (χ4v) is 1.76. The molecule has 0 aliphatic heterocycles. The number of carbonyl (C=O) groups is 1. The Hall–Kier alpha value is -0.350. The van der Waals surface area contributed by atoms with Gasteiger partial charge in [-0.05, 0) is 50.9 Å². The largest absolute Gasteiger partial charge is 0.507 e. The first-order valence-electron chi connectivity index (χ1n) is 3.21. The molecule has 0 saturated carbocycles. The second kappa shape index (κ2) is 3.58. The number of benzene rings is 1. The van der Waals surface area contributed by atoms with Crippen molar-refractivity contribution in [2.24, 2.45) is 0 Å². The van der Waals surface area contributed by atoms with Crippen LogP contribution in [0.3, 0.4) is 0 Å². The molecule has 1 rings (SSSR count). The molecular weight excluding hydrogens is 288 g/mol. The molecule has 64 valence electrons. The third-order valence-corrected chi connectivity index (χ3v) is 2.71. The van der Waals surface area contributed by atoms with E-state index in [4.69, 9.17) is 0 Å². The van der Waals surface area contributed by atoms with Crippen LogP contribution in [0.25, 0.3) is 0 Å². The maximum absolute atomic E-state index is 11.0. The first-order valence-corrected chi connectivity index (χ1v) is 4.80. The third kappa shape index (κ3) is 1.87. The number of aromatic hydroxyl groups is 1. The van der Waals surface area contributed by atoms with E-state index in [-0.39, 0.29) is 11.5 Å². The van der Waals surface area contributed by atoms with E-state index < -0.39 is 0 Å². The molecule has 4 heteroatoms. The average molecular weight is 294 g/mol. The first kappa shape index (κ1) is 9.74. The van der Waals surface area contributed by atoms with Crippen molar-refractivity contribution >= 4 is 37.6 Å². The van der Waals surface area contributed by atoms with Crippen LogP contribution in [-0.2, 0) is 0 Å². The van der Waals surface area contributed by atoms with Gasteiger partial charge in [-0.1, -0.05) is 0 Å². The maximum atomic E-state index is 11.0. The Morgan fingerprint density at radius 1 is 1.33 bits per heavy atom. The highest BCUT2D eigenvalue weighted by Gasteiger charge is 2.08. The van der Waals surface area contributed by atoms with Crippen molar-refractivity contribution in [2.45, 2.75) is 6.92 Å². The SMILES string of the molecule is CC(=O)c1cc(Br)c(O)cc1Br. The molecule has 0 radical (unpaired) electrons. The van der Waals surface area contributed by atoms with Gasteiger partial charge >= 0.3 is 0 Å². The molecule has 12 heavy (non-hydrogen) atoms. The molecule has 1 N–H and O–H groups in total. The van der Waals surface area contributed by atoms with E-state index in [0.29, 0.717) is 14.5 Å². The summed E-state index contributed by atoms with van der Waals surface area (Å²) in [5.74, 6) is 0.0782. The smallest absolute Gasteiger partial charge is 0.160 e. The van der Waals surface area contributed by atoms with Gasteiger partial charge in [0.05, 0.1) is 4.47 Å². The molecule has 0 amide bonds. The minimum Gasteiger partial charge on any atom is -0.507 e. The second-order valence-electron chi connectivity index (χ2n) is 2.34. The Kier molecular flexibility index (Phi) is 2.90. The fraction of sp³-hybridized carbons (Fsp3) is 0.125. The molecule has 0 aliphatic rings. The zero-order chi connectivity index (χ0) is 9.30. The number of hydrogen-bond acceptors (Lipinski definition) is 2. The number of Topliss-reactive ketones (excluding diaryl/α,β-unsaturated/α-hetero) is 1. The highest BCUT2D eigenvalue weighted by molar-refractivity contribution is 9.11. The van der Waals surface area contributed by atoms with Gasteiger partial charge < -0.3 is 5.11 Å². The van der Waals surface area contributed by atoms with Crippen LogP contribution < -0.4 is 0 Å². The van der Waals surface area contributed by atoms with E-state index in [1.165, 1.54) is 13.0 Å². The highest BCUT2D eigenvalue weighted by atomic mass is 79.9. The van der Waals surface area contributed by atoms with Crippen molar-refractivity contribution in [3.8, 4) is 5.75 Å². The lowest BCUT2D eigenvalue weighted by atomic mass is 10.1. The maximum Gasteiger partial charge on any atom is 0.160 e. The van der Waals surface area contributed by atoms with Gasteiger partial charge in [0.1, 0.15) is 5.75 Å². The Morgan fingerprint density at radius 2 is 1.92 bits per heavy atom. The molecule has 2 nitrogen and oxygen atoms in total. The van der Waals surface area contributed by atoms with Crippen molar-refractivity contribution < 1.29 is 9.90 Å². The number of phenolic OH excluding ortho intramolecular Hbond substituents is 1. The van der Waals surface area contributed by atoms with Crippen molar-refractivity contribution in [3.05, 3.63) is 26.6 Å². The minimum atomic E-state index is -0.0393. The first-order chi connectivity index (χ1) is 5.52. The van der Waals surface area contributed by atoms with Gasteiger partial charge in [0, 0.05) is 10.0 Å². The van der Waals surface area contributed by atoms with Crippen LogP contribution in [0, 0.1) is 0 Å². The summed E-state index contributed by atoms with van der Waals surface area (Å²) in [6.07, 6.45) is 0. The van der Waals surface area contributed by atoms with Crippen molar-refractivity contribution in [1.29, 1.82) is 0 Å². The van der Waals surface area contributed by atoms with E-state index in [1.807, 2.05) is 0 Å². The normalized spacial score (nSPS) is 9.92. The van der Waals surface area contributed by atoms with Crippen LogP contribution >= 0.6 is 31.9 Å². The van der Waals surface area contributed by atoms with Gasteiger partial charge in [0.15, 0.2) is 5.78 Å². The Balaban J connectivity index is 3.33. The van der Waals surface area contributed by atoms with E-state index in [9.17, 15) is 9.90 Å². The summed E-state index contributed by atoms with van der Waals surface area (Å²) in [5, 5.41) is 9.22. The van der Waals surface area contributed by atoms with Gasteiger partial charge in [-0.2, -0.15) is 0 Å². The van der Waals surface area contributed by atoms with E-state index in [1.54, 1.807) is 6.07 Å². The molecule has 0 atom stereocenters. The topological polar surface area (TPSA) is 37.3 Å². The Morgan fingerprint density at radius 3 is 2.42 bits per heavy atom. The molecule has 1 aromatic rings. The molecule has 0 aliphatic carbocycles. The lowest BCUT2D eigenvalue weighted by Gasteiger charge is -2.02. The van der Waals surface area contributed by atoms with E-state index in [2.05, 4.69) is 31.9 Å². The van der Waals surface area contributed by atoms with Crippen molar-refractivity contribution in [1.82, 2.24) is 0 Å². The molecule has 0 bridgehead atoms. The molecule has 0 heterocycles. The number of phenols is 1. The van der Waals surface area contributed by atoms with Gasteiger partial charge in [0.2, 0.25) is 0 Å². The summed E-state index contributed by atoms with van der Waals surface area (Å²) in [5.41, 5.74) is 0.555. The predicted molar refractivity (Wildman–Crippen MR) is 53.5 cm³/mol. The predicted octanol–water partition coefficient (Wildman–Crippen LogP) is 3.12. The molecule has 0 spiro atoms. The summed E-state index contributed by atoms with van der Waals surface area (Å²) in [4.78, 5) is 11.0. The van der Waals surface area contributed by atoms with Crippen LogP contribution in [0.1, 0.15) is 17.3 Å². The summed E-state index contributed by atoms with van der Waals surface area (Å²) in [7, 11) is 0. The molecular formula is C8H6Br2O2. The third-order valence-electron chi connectivity index (χ3n) is 1.42. The number of halogens is 2. The molecule has 0 fully saturated rings. The molecule has 0 unspecified atom stereocenters. The van der Waals surface area contributed by atoms with E-state index >= 15 is 0 Å². The van der Waals surface area contributed by atoms with Crippen molar-refractivity contribution in [3.63, 3.8) is 0 Å². The number of carbonyl (C=O) groups excluding carboxylic acids is 1.